The van der Waals surface area contributed by atoms with Gasteiger partial charge in [-0.1, -0.05) is 56.2 Å². The number of hydrogen-bond acceptors (Lipinski definition) is 1. The van der Waals surface area contributed by atoms with E-state index in [1.54, 1.807) is 5.56 Å². The lowest BCUT2D eigenvalue weighted by Crippen LogP contribution is -2.30. The van der Waals surface area contributed by atoms with Crippen LogP contribution >= 0.6 is 0 Å². The fourth-order valence-electron chi connectivity index (χ4n) is 4.84. The van der Waals surface area contributed by atoms with Crippen molar-refractivity contribution in [3.8, 4) is 0 Å². The van der Waals surface area contributed by atoms with E-state index >= 15 is 0 Å². The van der Waals surface area contributed by atoms with Gasteiger partial charge in [0.1, 0.15) is 0 Å². The molecule has 2 atom stereocenters. The first-order chi connectivity index (χ1) is 11.6. The van der Waals surface area contributed by atoms with E-state index in [-0.39, 0.29) is 0 Å². The second kappa shape index (κ2) is 7.42. The van der Waals surface area contributed by atoms with Gasteiger partial charge in [0.15, 0.2) is 0 Å². The summed E-state index contributed by atoms with van der Waals surface area (Å²) in [7, 11) is 0. The Hall–Kier alpha value is -1.76. The van der Waals surface area contributed by atoms with Crippen LogP contribution in [0, 0.1) is 12.3 Å². The summed E-state index contributed by atoms with van der Waals surface area (Å²) in [5.41, 5.74) is 11.7. The summed E-state index contributed by atoms with van der Waals surface area (Å²) in [6.07, 6.45) is 9.20. The van der Waals surface area contributed by atoms with Crippen LogP contribution in [-0.4, -0.2) is 0 Å². The fourth-order valence-corrected chi connectivity index (χ4v) is 4.84. The number of hydrogen-bond donors (Lipinski definition) is 1. The Kier molecular flexibility index (Phi) is 5.28. The predicted octanol–water partition coefficient (Wildman–Crippen LogP) is 6.26. The van der Waals surface area contributed by atoms with E-state index in [0.717, 1.165) is 11.6 Å². The number of aryl methyl sites for hydroxylation is 1. The SMILES string of the molecule is CCCC1(Cc2ccc(N)cc2)CCCC(c2ccccc2C)C1. The molecule has 1 aliphatic carbocycles. The Morgan fingerprint density at radius 3 is 2.54 bits per heavy atom. The molecule has 0 saturated heterocycles. The van der Waals surface area contributed by atoms with Gasteiger partial charge in [-0.05, 0) is 79.2 Å². The van der Waals surface area contributed by atoms with Gasteiger partial charge in [0.05, 0.1) is 0 Å². The third-order valence-electron chi connectivity index (χ3n) is 5.91. The Morgan fingerprint density at radius 2 is 1.83 bits per heavy atom. The predicted molar refractivity (Wildman–Crippen MR) is 104 cm³/mol. The Bertz CT molecular complexity index is 654. The third-order valence-corrected chi connectivity index (χ3v) is 5.91. The van der Waals surface area contributed by atoms with Gasteiger partial charge < -0.3 is 5.73 Å². The van der Waals surface area contributed by atoms with Crippen LogP contribution in [0.4, 0.5) is 5.69 Å². The Balaban J connectivity index is 1.83. The Morgan fingerprint density at radius 1 is 1.08 bits per heavy atom. The summed E-state index contributed by atoms with van der Waals surface area (Å²) in [5.74, 6) is 0.722. The van der Waals surface area contributed by atoms with E-state index in [2.05, 4.69) is 62.4 Å². The van der Waals surface area contributed by atoms with Crippen LogP contribution in [0.1, 0.15) is 68.1 Å². The zero-order valence-corrected chi connectivity index (χ0v) is 15.2. The first kappa shape index (κ1) is 17.1. The highest BCUT2D eigenvalue weighted by Gasteiger charge is 2.36. The average molecular weight is 322 g/mol. The molecule has 0 heterocycles. The van der Waals surface area contributed by atoms with Crippen molar-refractivity contribution < 1.29 is 0 Å². The van der Waals surface area contributed by atoms with E-state index in [0.29, 0.717) is 5.41 Å². The molecule has 2 aromatic rings. The van der Waals surface area contributed by atoms with E-state index in [1.165, 1.54) is 56.1 Å². The number of anilines is 1. The van der Waals surface area contributed by atoms with Crippen molar-refractivity contribution in [1.29, 1.82) is 0 Å². The standard InChI is InChI=1S/C23H31N/c1-3-14-23(16-19-10-12-21(24)13-11-19)15-6-8-20(17-23)22-9-5-4-7-18(22)2/h4-5,7,9-13,20H,3,6,8,14-17,24H2,1-2H3. The lowest BCUT2D eigenvalue weighted by molar-refractivity contribution is 0.151. The molecule has 128 valence electrons. The van der Waals surface area contributed by atoms with Gasteiger partial charge in [-0.2, -0.15) is 0 Å². The fraction of sp³-hybridized carbons (Fsp3) is 0.478. The number of nitrogen functional groups attached to an aromatic ring is 1. The van der Waals surface area contributed by atoms with Crippen LogP contribution in [0.15, 0.2) is 48.5 Å². The molecule has 2 aromatic carbocycles. The molecule has 1 saturated carbocycles. The molecule has 1 nitrogen and oxygen atoms in total. The van der Waals surface area contributed by atoms with Gasteiger partial charge >= 0.3 is 0 Å². The quantitative estimate of drug-likeness (QED) is 0.646. The highest BCUT2D eigenvalue weighted by atomic mass is 14.5. The zero-order valence-electron chi connectivity index (χ0n) is 15.2. The van der Waals surface area contributed by atoms with Crippen molar-refractivity contribution in [2.24, 2.45) is 5.41 Å². The second-order valence-corrected chi connectivity index (χ2v) is 7.82. The molecule has 1 heteroatoms. The molecule has 0 aromatic heterocycles. The largest absolute Gasteiger partial charge is 0.399 e. The molecule has 0 amide bonds. The first-order valence-corrected chi connectivity index (χ1v) is 9.52. The normalized spacial score (nSPS) is 24.0. The smallest absolute Gasteiger partial charge is 0.0314 e. The van der Waals surface area contributed by atoms with Gasteiger partial charge in [0, 0.05) is 5.69 Å². The molecule has 24 heavy (non-hydrogen) atoms. The molecule has 3 rings (SSSR count). The van der Waals surface area contributed by atoms with Crippen LogP contribution in [-0.2, 0) is 6.42 Å². The third kappa shape index (κ3) is 3.83. The van der Waals surface area contributed by atoms with E-state index in [4.69, 9.17) is 5.73 Å². The summed E-state index contributed by atoms with van der Waals surface area (Å²) in [6, 6.07) is 17.5. The monoisotopic (exact) mass is 321 g/mol. The molecule has 2 N–H and O–H groups in total. The zero-order chi connectivity index (χ0) is 17.0. The maximum Gasteiger partial charge on any atom is 0.0314 e. The number of benzene rings is 2. The van der Waals surface area contributed by atoms with Crippen LogP contribution < -0.4 is 5.73 Å². The molecular weight excluding hydrogens is 290 g/mol. The lowest BCUT2D eigenvalue weighted by Gasteiger charge is -2.42. The number of nitrogens with two attached hydrogens (primary N) is 1. The van der Waals surface area contributed by atoms with E-state index < -0.39 is 0 Å². The molecule has 1 aliphatic rings. The van der Waals surface area contributed by atoms with Gasteiger partial charge in [0.2, 0.25) is 0 Å². The van der Waals surface area contributed by atoms with Crippen LogP contribution in [0.3, 0.4) is 0 Å². The molecule has 0 aliphatic heterocycles. The van der Waals surface area contributed by atoms with E-state index in [1.807, 2.05) is 0 Å². The molecular formula is C23H31N. The van der Waals surface area contributed by atoms with E-state index in [9.17, 15) is 0 Å². The summed E-state index contributed by atoms with van der Waals surface area (Å²) < 4.78 is 0. The molecule has 0 bridgehead atoms. The number of rotatable bonds is 5. The second-order valence-electron chi connectivity index (χ2n) is 7.82. The first-order valence-electron chi connectivity index (χ1n) is 9.52. The topological polar surface area (TPSA) is 26.0 Å². The van der Waals surface area contributed by atoms with Gasteiger partial charge in [-0.15, -0.1) is 0 Å². The summed E-state index contributed by atoms with van der Waals surface area (Å²) >= 11 is 0. The summed E-state index contributed by atoms with van der Waals surface area (Å²) in [4.78, 5) is 0. The average Bonchev–Trinajstić information content (AvgIpc) is 2.58. The summed E-state index contributed by atoms with van der Waals surface area (Å²) in [6.45, 7) is 4.60. The van der Waals surface area contributed by atoms with Crippen LogP contribution in [0.2, 0.25) is 0 Å². The van der Waals surface area contributed by atoms with Crippen molar-refractivity contribution in [3.05, 3.63) is 65.2 Å². The molecule has 2 unspecified atom stereocenters. The maximum absolute atomic E-state index is 5.87. The maximum atomic E-state index is 5.87. The van der Waals surface area contributed by atoms with Crippen molar-refractivity contribution in [3.63, 3.8) is 0 Å². The molecule has 0 radical (unpaired) electrons. The molecule has 0 spiro atoms. The molecule has 1 fully saturated rings. The van der Waals surface area contributed by atoms with Crippen molar-refractivity contribution in [2.45, 2.75) is 64.7 Å². The minimum absolute atomic E-state index is 0.454. The highest BCUT2D eigenvalue weighted by molar-refractivity contribution is 5.39. The van der Waals surface area contributed by atoms with Gasteiger partial charge in [-0.25, -0.2) is 0 Å². The van der Waals surface area contributed by atoms with Crippen molar-refractivity contribution >= 4 is 5.69 Å². The minimum Gasteiger partial charge on any atom is -0.399 e. The van der Waals surface area contributed by atoms with Gasteiger partial charge in [-0.3, -0.25) is 0 Å². The van der Waals surface area contributed by atoms with Gasteiger partial charge in [0.25, 0.3) is 0 Å². The van der Waals surface area contributed by atoms with Crippen LogP contribution in [0.25, 0.3) is 0 Å². The van der Waals surface area contributed by atoms with Crippen LogP contribution in [0.5, 0.6) is 0 Å². The van der Waals surface area contributed by atoms with Crippen molar-refractivity contribution in [2.75, 3.05) is 5.73 Å². The summed E-state index contributed by atoms with van der Waals surface area (Å²) in [5, 5.41) is 0. The minimum atomic E-state index is 0.454. The highest BCUT2D eigenvalue weighted by Crippen LogP contribution is 2.49. The van der Waals surface area contributed by atoms with Crippen molar-refractivity contribution in [1.82, 2.24) is 0 Å². The Labute approximate surface area is 147 Å². The lowest BCUT2D eigenvalue weighted by atomic mass is 9.63.